The Hall–Kier alpha value is -2.84. The van der Waals surface area contributed by atoms with Crippen LogP contribution in [0.2, 0.25) is 0 Å². The van der Waals surface area contributed by atoms with Crippen LogP contribution in [-0.4, -0.2) is 62.2 Å². The van der Waals surface area contributed by atoms with Crippen LogP contribution in [0.5, 0.6) is 0 Å². The van der Waals surface area contributed by atoms with Crippen LogP contribution in [-0.2, 0) is 14.3 Å². The van der Waals surface area contributed by atoms with Crippen LogP contribution in [0.25, 0.3) is 0 Å². The molecule has 0 saturated heterocycles. The van der Waals surface area contributed by atoms with E-state index in [1.807, 2.05) is 27.7 Å². The van der Waals surface area contributed by atoms with Gasteiger partial charge < -0.3 is 25.2 Å². The van der Waals surface area contributed by atoms with Gasteiger partial charge in [0.1, 0.15) is 11.7 Å². The van der Waals surface area contributed by atoms with Gasteiger partial charge in [-0.1, -0.05) is 74.1 Å². The van der Waals surface area contributed by atoms with E-state index in [0.717, 1.165) is 5.57 Å². The van der Waals surface area contributed by atoms with Gasteiger partial charge in [0.15, 0.2) is 5.78 Å². The molecule has 1 aliphatic heterocycles. The molecule has 0 bridgehead atoms. The molecule has 7 heteroatoms. The molecule has 0 aromatic carbocycles. The van der Waals surface area contributed by atoms with Crippen molar-refractivity contribution in [2.45, 2.75) is 104 Å². The van der Waals surface area contributed by atoms with Crippen molar-refractivity contribution in [1.29, 1.82) is 0 Å². The van der Waals surface area contributed by atoms with Gasteiger partial charge in [-0.2, -0.15) is 0 Å². The van der Waals surface area contributed by atoms with Gasteiger partial charge >= 0.3 is 5.97 Å². The van der Waals surface area contributed by atoms with Crippen LogP contribution in [0, 0.1) is 11.8 Å². The fourth-order valence-corrected chi connectivity index (χ4v) is 4.50. The maximum atomic E-state index is 13.0. The second-order valence-electron chi connectivity index (χ2n) is 11.3. The van der Waals surface area contributed by atoms with E-state index in [0.29, 0.717) is 24.0 Å². The lowest BCUT2D eigenvalue weighted by molar-refractivity contribution is -0.168. The van der Waals surface area contributed by atoms with E-state index < -0.39 is 47.7 Å². The lowest BCUT2D eigenvalue weighted by Gasteiger charge is -2.39. The molecule has 7 nitrogen and oxygen atoms in total. The lowest BCUT2D eigenvalue weighted by atomic mass is 9.78. The molecule has 0 amide bonds. The number of rotatable bonds is 7. The summed E-state index contributed by atoms with van der Waals surface area (Å²) in [5.41, 5.74) is 0.651. The van der Waals surface area contributed by atoms with Crippen molar-refractivity contribution < 1.29 is 34.8 Å². The fourth-order valence-electron chi connectivity index (χ4n) is 4.50. The van der Waals surface area contributed by atoms with Crippen LogP contribution >= 0.6 is 0 Å². The van der Waals surface area contributed by atoms with Gasteiger partial charge in [-0.05, 0) is 76.7 Å². The summed E-state index contributed by atoms with van der Waals surface area (Å²) < 4.78 is 5.98. The van der Waals surface area contributed by atoms with Crippen molar-refractivity contribution in [2.75, 3.05) is 0 Å². The summed E-state index contributed by atoms with van der Waals surface area (Å²) in [6.45, 7) is 12.5. The number of aliphatic hydroxyl groups is 4. The highest BCUT2D eigenvalue weighted by molar-refractivity contribution is 5.99. The number of carbonyl (C=O) groups is 2. The minimum atomic E-state index is -1.31. The third-order valence-electron chi connectivity index (χ3n) is 7.64. The highest BCUT2D eigenvalue weighted by Crippen LogP contribution is 2.33. The van der Waals surface area contributed by atoms with Gasteiger partial charge in [0, 0.05) is 12.3 Å². The Bertz CT molecular complexity index is 1070. The van der Waals surface area contributed by atoms with Crippen LogP contribution in [0.15, 0.2) is 83.6 Å². The molecule has 0 radical (unpaired) electrons. The van der Waals surface area contributed by atoms with Crippen LogP contribution in [0.3, 0.4) is 0 Å². The summed E-state index contributed by atoms with van der Waals surface area (Å²) in [7, 11) is 0. The molecule has 7 atom stereocenters. The average molecular weight is 571 g/mol. The molecule has 0 fully saturated rings. The average Bonchev–Trinajstić information content (AvgIpc) is 2.92. The Morgan fingerprint density at radius 1 is 1.05 bits per heavy atom. The minimum Gasteiger partial charge on any atom is -0.458 e. The number of aliphatic hydroxyl groups excluding tert-OH is 4. The molecule has 41 heavy (non-hydrogen) atoms. The first-order valence-corrected chi connectivity index (χ1v) is 14.4. The molecule has 1 aliphatic rings. The monoisotopic (exact) mass is 570 g/mol. The second kappa shape index (κ2) is 17.9. The standard InChI is InChI=1S/C34H50O7/c1-8-13-28(35)19-17-26(5)32(39)27(6)34(7)21-11-9-10-16-29(36)33(40)25(4)15-12-14-23(2)22-30(37)24(3)18-20-31(38)41-34/h8-16,18,22,26-30,32,35-37,39H,17,19-21H2,1-7H3. The topological polar surface area (TPSA) is 124 Å². The van der Waals surface area contributed by atoms with Gasteiger partial charge in [0.2, 0.25) is 0 Å². The molecule has 0 aliphatic carbocycles. The van der Waals surface area contributed by atoms with Crippen molar-refractivity contribution in [3.63, 3.8) is 0 Å². The third kappa shape index (κ3) is 12.7. The quantitative estimate of drug-likeness (QED) is 0.244. The Labute approximate surface area is 246 Å². The minimum absolute atomic E-state index is 0.0466. The summed E-state index contributed by atoms with van der Waals surface area (Å²) >= 11 is 0. The first-order chi connectivity index (χ1) is 19.2. The highest BCUT2D eigenvalue weighted by Gasteiger charge is 2.40. The van der Waals surface area contributed by atoms with Crippen molar-refractivity contribution >= 4 is 11.8 Å². The zero-order valence-corrected chi connectivity index (χ0v) is 25.7. The molecule has 0 spiro atoms. The normalized spacial score (nSPS) is 27.0. The van der Waals surface area contributed by atoms with Crippen molar-refractivity contribution in [2.24, 2.45) is 11.8 Å². The molecular formula is C34H50O7. The van der Waals surface area contributed by atoms with Crippen molar-refractivity contribution in [1.82, 2.24) is 0 Å². The van der Waals surface area contributed by atoms with Crippen molar-refractivity contribution in [3.05, 3.63) is 83.6 Å². The van der Waals surface area contributed by atoms with E-state index in [2.05, 4.69) is 0 Å². The van der Waals surface area contributed by atoms with Gasteiger partial charge in [-0.15, -0.1) is 0 Å². The Kier molecular flexibility index (Phi) is 15.8. The summed E-state index contributed by atoms with van der Waals surface area (Å²) in [5.74, 6) is -1.54. The molecule has 0 saturated carbocycles. The fraction of sp³-hybridized carbons (Fsp3) is 0.529. The predicted molar refractivity (Wildman–Crippen MR) is 164 cm³/mol. The Morgan fingerprint density at radius 3 is 2.39 bits per heavy atom. The SMILES string of the molecule is CC=CC(O)CCC(C)C(O)C(C)C1(C)CC=CC=CC(O)C(=O)C(C)=CC=CC(C)=CC(O)C(C)=CCC(=O)O1. The molecule has 7 unspecified atom stereocenters. The zero-order valence-electron chi connectivity index (χ0n) is 25.7. The molecule has 4 N–H and O–H groups in total. The van der Waals surface area contributed by atoms with Crippen molar-refractivity contribution in [3.8, 4) is 0 Å². The van der Waals surface area contributed by atoms with E-state index in [-0.39, 0.29) is 18.8 Å². The largest absolute Gasteiger partial charge is 0.458 e. The smallest absolute Gasteiger partial charge is 0.310 e. The second-order valence-corrected chi connectivity index (χ2v) is 11.3. The number of Topliss-reactive ketones (excluding diaryl/α,β-unsaturated/α-hetero) is 1. The molecule has 1 rings (SSSR count). The first-order valence-electron chi connectivity index (χ1n) is 14.4. The number of allylic oxidation sites excluding steroid dienone is 7. The maximum absolute atomic E-state index is 13.0. The number of carbonyl (C=O) groups excluding carboxylic acids is 2. The lowest BCUT2D eigenvalue weighted by Crippen LogP contribution is -2.45. The number of hydrogen-bond donors (Lipinski definition) is 4. The van der Waals surface area contributed by atoms with E-state index >= 15 is 0 Å². The number of hydrogen-bond acceptors (Lipinski definition) is 7. The maximum Gasteiger partial charge on any atom is 0.310 e. The predicted octanol–water partition coefficient (Wildman–Crippen LogP) is 5.23. The Balaban J connectivity index is 3.31. The van der Waals surface area contributed by atoms with E-state index in [1.165, 1.54) is 6.08 Å². The Morgan fingerprint density at radius 2 is 1.73 bits per heavy atom. The summed E-state index contributed by atoms with van der Waals surface area (Å²) in [4.78, 5) is 25.5. The van der Waals surface area contributed by atoms with Gasteiger partial charge in [0.05, 0.1) is 24.7 Å². The summed E-state index contributed by atoms with van der Waals surface area (Å²) in [6, 6.07) is 0. The number of ketones is 1. The highest BCUT2D eigenvalue weighted by atomic mass is 16.6. The van der Waals surface area contributed by atoms with E-state index in [4.69, 9.17) is 4.74 Å². The molecule has 1 heterocycles. The van der Waals surface area contributed by atoms with Crippen LogP contribution in [0.4, 0.5) is 0 Å². The van der Waals surface area contributed by atoms with Crippen LogP contribution in [0.1, 0.15) is 74.1 Å². The van der Waals surface area contributed by atoms with E-state index in [9.17, 15) is 30.0 Å². The van der Waals surface area contributed by atoms with Crippen LogP contribution < -0.4 is 0 Å². The van der Waals surface area contributed by atoms with Gasteiger partial charge in [-0.25, -0.2) is 0 Å². The zero-order chi connectivity index (χ0) is 31.2. The number of esters is 1. The molecule has 228 valence electrons. The van der Waals surface area contributed by atoms with Gasteiger partial charge in [-0.3, -0.25) is 9.59 Å². The van der Waals surface area contributed by atoms with Gasteiger partial charge in [0.25, 0.3) is 0 Å². The number of ether oxygens (including phenoxy) is 1. The van der Waals surface area contributed by atoms with E-state index in [1.54, 1.807) is 81.5 Å². The summed E-state index contributed by atoms with van der Waals surface area (Å²) in [6.07, 6.45) is 15.9. The third-order valence-corrected chi connectivity index (χ3v) is 7.64. The molecule has 0 aromatic rings. The molecular weight excluding hydrogens is 520 g/mol. The number of cyclic esters (lactones) is 1. The summed E-state index contributed by atoms with van der Waals surface area (Å²) in [5, 5.41) is 42.1. The first kappa shape index (κ1) is 36.2. The molecule has 0 aromatic heterocycles.